The summed E-state index contributed by atoms with van der Waals surface area (Å²) in [5.41, 5.74) is 6.87. The Hall–Kier alpha value is -1.79. The van der Waals surface area contributed by atoms with Crippen LogP contribution in [0.15, 0.2) is 30.7 Å². The Morgan fingerprint density at radius 3 is 2.74 bits per heavy atom. The Labute approximate surface area is 140 Å². The first kappa shape index (κ1) is 16.1. The number of amides is 1. The summed E-state index contributed by atoms with van der Waals surface area (Å²) in [6.07, 6.45) is 11.2. The van der Waals surface area contributed by atoms with Gasteiger partial charge in [0.15, 0.2) is 0 Å². The van der Waals surface area contributed by atoms with Crippen LogP contribution in [0.3, 0.4) is 0 Å². The van der Waals surface area contributed by atoms with Crippen molar-refractivity contribution >= 4 is 17.2 Å². The summed E-state index contributed by atoms with van der Waals surface area (Å²) < 4.78 is 0. The van der Waals surface area contributed by atoms with Crippen molar-refractivity contribution in [2.75, 3.05) is 6.54 Å². The number of carbonyl (C=O) groups excluding carboxylic acids is 1. The van der Waals surface area contributed by atoms with Gasteiger partial charge < -0.3 is 11.1 Å². The summed E-state index contributed by atoms with van der Waals surface area (Å²) in [6, 6.07) is 3.85. The van der Waals surface area contributed by atoms with Crippen molar-refractivity contribution in [2.45, 2.75) is 38.1 Å². The predicted molar refractivity (Wildman–Crippen MR) is 92.2 cm³/mol. The van der Waals surface area contributed by atoms with Crippen molar-refractivity contribution in [2.24, 2.45) is 11.7 Å². The zero-order chi connectivity index (χ0) is 16.1. The van der Waals surface area contributed by atoms with Gasteiger partial charge in [-0.15, -0.1) is 11.3 Å². The molecule has 0 spiro atoms. The van der Waals surface area contributed by atoms with Crippen LogP contribution in [0.25, 0.3) is 10.6 Å². The summed E-state index contributed by atoms with van der Waals surface area (Å²) in [7, 11) is 0. The van der Waals surface area contributed by atoms with Crippen molar-refractivity contribution in [1.29, 1.82) is 0 Å². The van der Waals surface area contributed by atoms with Gasteiger partial charge >= 0.3 is 0 Å². The van der Waals surface area contributed by atoms with Gasteiger partial charge in [0.2, 0.25) is 0 Å². The van der Waals surface area contributed by atoms with Crippen LogP contribution in [0.2, 0.25) is 0 Å². The standard InChI is InChI=1S/C17H22N4OS/c18-10-14(12-4-2-1-3-5-12)21-16(22)15-11-20-17(23-15)13-6-8-19-9-7-13/h6-9,11-12,14H,1-5,10,18H2,(H,21,22). The first-order valence-electron chi connectivity index (χ1n) is 8.15. The van der Waals surface area contributed by atoms with Crippen LogP contribution in [0.4, 0.5) is 0 Å². The number of nitrogens with one attached hydrogen (secondary N) is 1. The van der Waals surface area contributed by atoms with Crippen molar-refractivity contribution < 1.29 is 4.79 Å². The Morgan fingerprint density at radius 2 is 2.04 bits per heavy atom. The van der Waals surface area contributed by atoms with Gasteiger partial charge in [-0.1, -0.05) is 19.3 Å². The minimum atomic E-state index is -0.0659. The van der Waals surface area contributed by atoms with Crippen LogP contribution in [0.5, 0.6) is 0 Å². The van der Waals surface area contributed by atoms with E-state index >= 15 is 0 Å². The fraction of sp³-hybridized carbons (Fsp3) is 0.471. The van der Waals surface area contributed by atoms with Gasteiger partial charge in [-0.3, -0.25) is 9.78 Å². The normalized spacial score (nSPS) is 16.9. The molecule has 0 bridgehead atoms. The Bertz CT molecular complexity index is 637. The third-order valence-electron chi connectivity index (χ3n) is 4.45. The number of rotatable bonds is 5. The highest BCUT2D eigenvalue weighted by Crippen LogP contribution is 2.27. The van der Waals surface area contributed by atoms with Crippen LogP contribution in [-0.2, 0) is 0 Å². The molecule has 122 valence electrons. The van der Waals surface area contributed by atoms with Gasteiger partial charge in [0, 0.05) is 30.5 Å². The molecule has 0 aromatic carbocycles. The second kappa shape index (κ2) is 7.66. The molecular formula is C17H22N4OS. The molecule has 3 rings (SSSR count). The molecule has 1 aliphatic carbocycles. The van der Waals surface area contributed by atoms with Crippen LogP contribution >= 0.6 is 11.3 Å². The lowest BCUT2D eigenvalue weighted by molar-refractivity contribution is 0.0919. The predicted octanol–water partition coefficient (Wildman–Crippen LogP) is 2.84. The van der Waals surface area contributed by atoms with Crippen molar-refractivity contribution in [3.05, 3.63) is 35.6 Å². The lowest BCUT2D eigenvalue weighted by Gasteiger charge is -2.29. The van der Waals surface area contributed by atoms with Gasteiger partial charge in [-0.2, -0.15) is 0 Å². The number of carbonyl (C=O) groups is 1. The average molecular weight is 330 g/mol. The number of hydrogen-bond acceptors (Lipinski definition) is 5. The van der Waals surface area contributed by atoms with Crippen LogP contribution in [-0.4, -0.2) is 28.5 Å². The zero-order valence-corrected chi connectivity index (χ0v) is 13.9. The van der Waals surface area contributed by atoms with Gasteiger partial charge in [-0.05, 0) is 30.9 Å². The number of aromatic nitrogens is 2. The van der Waals surface area contributed by atoms with Gasteiger partial charge in [0.25, 0.3) is 5.91 Å². The maximum atomic E-state index is 12.5. The minimum absolute atomic E-state index is 0.0641. The second-order valence-electron chi connectivity index (χ2n) is 5.98. The molecule has 2 aromatic rings. The lowest BCUT2D eigenvalue weighted by atomic mass is 9.84. The van der Waals surface area contributed by atoms with E-state index in [0.717, 1.165) is 23.4 Å². The molecule has 0 saturated heterocycles. The number of nitrogens with two attached hydrogens (primary N) is 1. The Balaban J connectivity index is 1.67. The van der Waals surface area contributed by atoms with E-state index in [4.69, 9.17) is 5.73 Å². The van der Waals surface area contributed by atoms with E-state index in [0.29, 0.717) is 17.3 Å². The van der Waals surface area contributed by atoms with Crippen LogP contribution in [0.1, 0.15) is 41.8 Å². The summed E-state index contributed by atoms with van der Waals surface area (Å²) in [5, 5.41) is 3.94. The molecule has 1 aliphatic rings. The number of pyridine rings is 1. The van der Waals surface area contributed by atoms with E-state index in [-0.39, 0.29) is 11.9 Å². The number of hydrogen-bond donors (Lipinski definition) is 2. The second-order valence-corrected chi connectivity index (χ2v) is 7.01. The minimum Gasteiger partial charge on any atom is -0.347 e. The van der Waals surface area contributed by atoms with Crippen molar-refractivity contribution in [3.8, 4) is 10.6 Å². The molecular weight excluding hydrogens is 308 g/mol. The van der Waals surface area contributed by atoms with Crippen molar-refractivity contribution in [3.63, 3.8) is 0 Å². The lowest BCUT2D eigenvalue weighted by Crippen LogP contribution is -2.45. The molecule has 1 fully saturated rings. The smallest absolute Gasteiger partial charge is 0.263 e. The highest BCUT2D eigenvalue weighted by Gasteiger charge is 2.25. The topological polar surface area (TPSA) is 80.9 Å². The Kier molecular flexibility index (Phi) is 5.35. The molecule has 0 aliphatic heterocycles. The third kappa shape index (κ3) is 3.95. The third-order valence-corrected chi connectivity index (χ3v) is 5.49. The molecule has 1 unspecified atom stereocenters. The van der Waals surface area contributed by atoms with E-state index in [1.54, 1.807) is 18.6 Å². The Morgan fingerprint density at radius 1 is 1.30 bits per heavy atom. The summed E-state index contributed by atoms with van der Waals surface area (Å²) in [5.74, 6) is 0.439. The number of thiazole rings is 1. The van der Waals surface area contributed by atoms with Crippen LogP contribution in [0, 0.1) is 5.92 Å². The maximum Gasteiger partial charge on any atom is 0.263 e. The number of nitrogens with zero attached hydrogens (tertiary/aromatic N) is 2. The fourth-order valence-electron chi connectivity index (χ4n) is 3.15. The van der Waals surface area contributed by atoms with E-state index in [1.807, 2.05) is 12.1 Å². The first-order chi connectivity index (χ1) is 11.3. The summed E-state index contributed by atoms with van der Waals surface area (Å²) in [4.78, 5) is 21.5. The molecule has 2 aromatic heterocycles. The highest BCUT2D eigenvalue weighted by atomic mass is 32.1. The van der Waals surface area contributed by atoms with E-state index in [2.05, 4.69) is 15.3 Å². The molecule has 6 heteroatoms. The van der Waals surface area contributed by atoms with Gasteiger partial charge in [0.1, 0.15) is 9.88 Å². The molecule has 1 amide bonds. The maximum absolute atomic E-state index is 12.5. The molecule has 1 saturated carbocycles. The molecule has 5 nitrogen and oxygen atoms in total. The van der Waals surface area contributed by atoms with Gasteiger partial charge in [0.05, 0.1) is 6.20 Å². The largest absolute Gasteiger partial charge is 0.347 e. The molecule has 3 N–H and O–H groups in total. The summed E-state index contributed by atoms with van der Waals surface area (Å²) >= 11 is 1.40. The fourth-order valence-corrected chi connectivity index (χ4v) is 3.98. The molecule has 0 radical (unpaired) electrons. The highest BCUT2D eigenvalue weighted by molar-refractivity contribution is 7.16. The quantitative estimate of drug-likeness (QED) is 0.883. The molecule has 2 heterocycles. The van der Waals surface area contributed by atoms with Gasteiger partial charge in [-0.25, -0.2) is 4.98 Å². The monoisotopic (exact) mass is 330 g/mol. The van der Waals surface area contributed by atoms with E-state index < -0.39 is 0 Å². The van der Waals surface area contributed by atoms with Crippen molar-refractivity contribution in [1.82, 2.24) is 15.3 Å². The SMILES string of the molecule is NCC(NC(=O)c1cnc(-c2ccncc2)s1)C1CCCCC1. The van der Waals surface area contributed by atoms with Crippen LogP contribution < -0.4 is 11.1 Å². The first-order valence-corrected chi connectivity index (χ1v) is 8.96. The zero-order valence-electron chi connectivity index (χ0n) is 13.1. The molecule has 23 heavy (non-hydrogen) atoms. The summed E-state index contributed by atoms with van der Waals surface area (Å²) in [6.45, 7) is 0.492. The van der Waals surface area contributed by atoms with E-state index in [1.165, 1.54) is 30.6 Å². The van der Waals surface area contributed by atoms with E-state index in [9.17, 15) is 4.79 Å². The molecule has 1 atom stereocenters. The average Bonchev–Trinajstić information content (AvgIpc) is 3.11.